The molecule has 80 valence electrons. The van der Waals surface area contributed by atoms with Gasteiger partial charge >= 0.3 is 6.18 Å². The second-order valence-corrected chi connectivity index (χ2v) is 3.88. The van der Waals surface area contributed by atoms with E-state index in [2.05, 4.69) is 20.9 Å². The molecule has 0 saturated carbocycles. The number of hydrogen-bond acceptors (Lipinski definition) is 1. The lowest BCUT2D eigenvalue weighted by Crippen LogP contribution is -2.10. The molecule has 0 N–H and O–H groups in total. The van der Waals surface area contributed by atoms with Crippen molar-refractivity contribution in [3.63, 3.8) is 0 Å². The number of pyridine rings is 1. The summed E-state index contributed by atoms with van der Waals surface area (Å²) in [5.41, 5.74) is 1.19. The fourth-order valence-electron chi connectivity index (χ4n) is 1.46. The van der Waals surface area contributed by atoms with Crippen LogP contribution in [0.25, 0.3) is 5.52 Å². The summed E-state index contributed by atoms with van der Waals surface area (Å²) < 4.78 is 38.9. The Morgan fingerprint density at radius 1 is 1.40 bits per heavy atom. The van der Waals surface area contributed by atoms with E-state index < -0.39 is 12.0 Å². The van der Waals surface area contributed by atoms with Crippen molar-refractivity contribution in [2.24, 2.45) is 0 Å². The van der Waals surface area contributed by atoms with Crippen LogP contribution in [0.5, 0.6) is 0 Å². The Bertz CT molecular complexity index is 516. The third kappa shape index (κ3) is 1.62. The van der Waals surface area contributed by atoms with Gasteiger partial charge in [0.05, 0.1) is 5.52 Å². The molecule has 0 radical (unpaired) electrons. The standard InChI is InChI=1S/C9H6BrF3N2/c1-5-3-2-4-15-6(5)7(10)14-8(15)9(11,12)13/h2-4H,1H3. The lowest BCUT2D eigenvalue weighted by atomic mass is 10.3. The third-order valence-electron chi connectivity index (χ3n) is 2.08. The number of alkyl halides is 3. The first-order valence-electron chi connectivity index (χ1n) is 4.11. The van der Waals surface area contributed by atoms with Gasteiger partial charge in [0, 0.05) is 6.20 Å². The quantitative estimate of drug-likeness (QED) is 0.722. The molecule has 0 aliphatic rings. The van der Waals surface area contributed by atoms with Crippen LogP contribution in [0.4, 0.5) is 13.2 Å². The van der Waals surface area contributed by atoms with Gasteiger partial charge < -0.3 is 0 Å². The van der Waals surface area contributed by atoms with Gasteiger partial charge in [-0.3, -0.25) is 4.40 Å². The van der Waals surface area contributed by atoms with Crippen molar-refractivity contribution in [3.05, 3.63) is 34.3 Å². The fourth-order valence-corrected chi connectivity index (χ4v) is 2.13. The maximum absolute atomic E-state index is 12.6. The Kier molecular flexibility index (Phi) is 2.26. The van der Waals surface area contributed by atoms with E-state index in [1.54, 1.807) is 19.1 Å². The first kappa shape index (κ1) is 10.5. The number of nitrogens with zero attached hydrogens (tertiary/aromatic N) is 2. The van der Waals surface area contributed by atoms with Crippen LogP contribution in [0, 0.1) is 6.92 Å². The van der Waals surface area contributed by atoms with Crippen LogP contribution in [0.3, 0.4) is 0 Å². The molecule has 0 fully saturated rings. The van der Waals surface area contributed by atoms with Gasteiger partial charge in [0.2, 0.25) is 5.82 Å². The molecule has 2 heterocycles. The summed E-state index contributed by atoms with van der Waals surface area (Å²) in [5.74, 6) is -0.909. The van der Waals surface area contributed by atoms with Gasteiger partial charge in [-0.15, -0.1) is 0 Å². The molecule has 0 amide bonds. The molecule has 0 aromatic carbocycles. The molecule has 0 aliphatic heterocycles. The minimum atomic E-state index is -4.44. The minimum Gasteiger partial charge on any atom is -0.295 e. The van der Waals surface area contributed by atoms with E-state index in [1.165, 1.54) is 6.20 Å². The second-order valence-electron chi connectivity index (χ2n) is 3.13. The molecule has 2 aromatic heterocycles. The van der Waals surface area contributed by atoms with Gasteiger partial charge in [0.1, 0.15) is 4.60 Å². The number of rotatable bonds is 0. The van der Waals surface area contributed by atoms with E-state index in [-0.39, 0.29) is 4.60 Å². The van der Waals surface area contributed by atoms with Crippen LogP contribution in [-0.4, -0.2) is 9.38 Å². The molecule has 0 atom stereocenters. The maximum Gasteiger partial charge on any atom is 0.450 e. The lowest BCUT2D eigenvalue weighted by molar-refractivity contribution is -0.145. The Morgan fingerprint density at radius 3 is 2.67 bits per heavy atom. The van der Waals surface area contributed by atoms with Crippen molar-refractivity contribution < 1.29 is 13.2 Å². The van der Waals surface area contributed by atoms with Crippen LogP contribution in [0.1, 0.15) is 11.4 Å². The van der Waals surface area contributed by atoms with Gasteiger partial charge in [-0.05, 0) is 34.5 Å². The molecule has 0 unspecified atom stereocenters. The van der Waals surface area contributed by atoms with Crippen molar-refractivity contribution in [2.75, 3.05) is 0 Å². The average Bonchev–Trinajstić information content (AvgIpc) is 2.44. The highest BCUT2D eigenvalue weighted by Crippen LogP contribution is 2.32. The Morgan fingerprint density at radius 2 is 2.07 bits per heavy atom. The third-order valence-corrected chi connectivity index (χ3v) is 2.63. The van der Waals surface area contributed by atoms with E-state index in [9.17, 15) is 13.2 Å². The molecular formula is C9H6BrF3N2. The zero-order valence-electron chi connectivity index (χ0n) is 7.64. The summed E-state index contributed by atoms with van der Waals surface area (Å²) in [6, 6.07) is 3.30. The first-order chi connectivity index (χ1) is 6.91. The van der Waals surface area contributed by atoms with E-state index in [0.717, 1.165) is 9.96 Å². The van der Waals surface area contributed by atoms with Crippen LogP contribution in [0.2, 0.25) is 0 Å². The lowest BCUT2D eigenvalue weighted by Gasteiger charge is -2.05. The molecule has 0 bridgehead atoms. The molecule has 2 nitrogen and oxygen atoms in total. The number of fused-ring (bicyclic) bond motifs is 1. The molecule has 2 rings (SSSR count). The largest absolute Gasteiger partial charge is 0.450 e. The van der Waals surface area contributed by atoms with Gasteiger partial charge in [0.25, 0.3) is 0 Å². The van der Waals surface area contributed by atoms with Crippen LogP contribution < -0.4 is 0 Å². The van der Waals surface area contributed by atoms with E-state index >= 15 is 0 Å². The highest BCUT2D eigenvalue weighted by Gasteiger charge is 2.37. The highest BCUT2D eigenvalue weighted by atomic mass is 79.9. The summed E-state index contributed by atoms with van der Waals surface area (Å²) in [6.07, 6.45) is -3.09. The van der Waals surface area contributed by atoms with Crippen LogP contribution >= 0.6 is 15.9 Å². The zero-order valence-corrected chi connectivity index (χ0v) is 9.22. The molecule has 0 saturated heterocycles. The van der Waals surface area contributed by atoms with Crippen molar-refractivity contribution in [2.45, 2.75) is 13.1 Å². The summed E-state index contributed by atoms with van der Waals surface area (Å²) in [4.78, 5) is 3.48. The van der Waals surface area contributed by atoms with E-state index in [4.69, 9.17) is 0 Å². The van der Waals surface area contributed by atoms with E-state index in [1.807, 2.05) is 0 Å². The SMILES string of the molecule is Cc1cccn2c(C(F)(F)F)nc(Br)c12. The maximum atomic E-state index is 12.6. The van der Waals surface area contributed by atoms with E-state index in [0.29, 0.717) is 5.52 Å². The zero-order chi connectivity index (χ0) is 11.2. The predicted octanol–water partition coefficient (Wildman–Crippen LogP) is 3.42. The molecule has 6 heteroatoms. The highest BCUT2D eigenvalue weighted by molar-refractivity contribution is 9.10. The van der Waals surface area contributed by atoms with Gasteiger partial charge in [-0.2, -0.15) is 13.2 Å². The summed E-state index contributed by atoms with van der Waals surface area (Å²) in [5, 5.41) is 0. The number of aryl methyl sites for hydroxylation is 1. The Hall–Kier alpha value is -1.04. The number of hydrogen-bond donors (Lipinski definition) is 0. The predicted molar refractivity (Wildman–Crippen MR) is 52.6 cm³/mol. The topological polar surface area (TPSA) is 17.3 Å². The second kappa shape index (κ2) is 3.23. The molecule has 0 spiro atoms. The van der Waals surface area contributed by atoms with Crippen molar-refractivity contribution in [3.8, 4) is 0 Å². The molecule has 0 aliphatic carbocycles. The number of halogens is 4. The van der Waals surface area contributed by atoms with Gasteiger partial charge in [-0.1, -0.05) is 6.07 Å². The first-order valence-corrected chi connectivity index (χ1v) is 4.91. The van der Waals surface area contributed by atoms with Gasteiger partial charge in [0.15, 0.2) is 0 Å². The van der Waals surface area contributed by atoms with Crippen molar-refractivity contribution in [1.82, 2.24) is 9.38 Å². The number of aromatic nitrogens is 2. The Labute approximate surface area is 91.9 Å². The number of imidazole rings is 1. The van der Waals surface area contributed by atoms with Crippen molar-refractivity contribution >= 4 is 21.4 Å². The summed E-state index contributed by atoms with van der Waals surface area (Å²) >= 11 is 3.03. The molecular weight excluding hydrogens is 273 g/mol. The minimum absolute atomic E-state index is 0.216. The molecule has 15 heavy (non-hydrogen) atoms. The molecule has 2 aromatic rings. The summed E-state index contributed by atoms with van der Waals surface area (Å²) in [7, 11) is 0. The van der Waals surface area contributed by atoms with Crippen molar-refractivity contribution in [1.29, 1.82) is 0 Å². The van der Waals surface area contributed by atoms with Crippen LogP contribution in [0.15, 0.2) is 22.9 Å². The smallest absolute Gasteiger partial charge is 0.295 e. The fraction of sp³-hybridized carbons (Fsp3) is 0.222. The Balaban J connectivity index is 2.85. The summed E-state index contributed by atoms with van der Waals surface area (Å²) in [6.45, 7) is 1.74. The normalized spacial score (nSPS) is 12.3. The average molecular weight is 279 g/mol. The van der Waals surface area contributed by atoms with Crippen LogP contribution in [-0.2, 0) is 6.18 Å². The monoisotopic (exact) mass is 278 g/mol. The van der Waals surface area contributed by atoms with Gasteiger partial charge in [-0.25, -0.2) is 4.98 Å².